The number of anilines is 3. The van der Waals surface area contributed by atoms with Crippen LogP contribution in [0.4, 0.5) is 30.2 Å². The number of hydrogen-bond donors (Lipinski definition) is 2. The number of para-hydroxylation sites is 1. The molecule has 0 radical (unpaired) electrons. The van der Waals surface area contributed by atoms with E-state index in [4.69, 9.17) is 0 Å². The van der Waals surface area contributed by atoms with Gasteiger partial charge in [-0.15, -0.1) is 13.2 Å². The molecule has 1 heterocycles. The van der Waals surface area contributed by atoms with Crippen LogP contribution in [0.1, 0.15) is 10.4 Å². The Bertz CT molecular complexity index is 714. The highest BCUT2D eigenvalue weighted by Crippen LogP contribution is 2.35. The molecule has 0 aliphatic carbocycles. The van der Waals surface area contributed by atoms with Crippen molar-refractivity contribution in [1.82, 2.24) is 0 Å². The third-order valence-electron chi connectivity index (χ3n) is 2.91. The second-order valence-electron chi connectivity index (χ2n) is 4.38. The highest BCUT2D eigenvalue weighted by molar-refractivity contribution is 6.12. The Morgan fingerprint density at radius 2 is 1.67 bits per heavy atom. The second-order valence-corrected chi connectivity index (χ2v) is 4.38. The molecule has 1 aliphatic rings. The molecule has 2 N–H and O–H groups in total. The molecule has 0 spiro atoms. The predicted octanol–water partition coefficient (Wildman–Crippen LogP) is 3.89. The average Bonchev–Trinajstić information content (AvgIpc) is 2.53. The van der Waals surface area contributed by atoms with E-state index in [1.807, 2.05) is 0 Å². The van der Waals surface area contributed by atoms with Gasteiger partial charge in [-0.1, -0.05) is 12.1 Å². The monoisotopic (exact) mass is 294 g/mol. The fourth-order valence-electron chi connectivity index (χ4n) is 2.06. The van der Waals surface area contributed by atoms with E-state index in [0.717, 1.165) is 6.07 Å². The topological polar surface area (TPSA) is 50.4 Å². The van der Waals surface area contributed by atoms with Crippen LogP contribution in [0.2, 0.25) is 0 Å². The number of alkyl halides is 3. The first-order valence-electron chi connectivity index (χ1n) is 5.99. The molecule has 0 fully saturated rings. The van der Waals surface area contributed by atoms with Gasteiger partial charge in [-0.2, -0.15) is 0 Å². The number of fused-ring (bicyclic) bond motifs is 2. The zero-order valence-corrected chi connectivity index (χ0v) is 10.5. The molecular weight excluding hydrogens is 285 g/mol. The lowest BCUT2D eigenvalue weighted by molar-refractivity contribution is -0.274. The molecule has 3 rings (SSSR count). The Labute approximate surface area is 117 Å². The Morgan fingerprint density at radius 3 is 2.43 bits per heavy atom. The average molecular weight is 294 g/mol. The van der Waals surface area contributed by atoms with Gasteiger partial charge in [0, 0.05) is 6.07 Å². The molecule has 0 bridgehead atoms. The summed E-state index contributed by atoms with van der Waals surface area (Å²) in [5, 5.41) is 5.56. The third-order valence-corrected chi connectivity index (χ3v) is 2.91. The lowest BCUT2D eigenvalue weighted by Gasteiger charge is -2.12. The maximum Gasteiger partial charge on any atom is 0.573 e. The van der Waals surface area contributed by atoms with E-state index in [1.54, 1.807) is 24.3 Å². The van der Waals surface area contributed by atoms with Gasteiger partial charge in [-0.05, 0) is 24.3 Å². The first-order valence-corrected chi connectivity index (χ1v) is 5.99. The smallest absolute Gasteiger partial charge is 0.406 e. The minimum Gasteiger partial charge on any atom is -0.406 e. The SMILES string of the molecule is O=C1Nc2cc(OC(F)(F)F)ccc2Nc2ccccc21. The highest BCUT2D eigenvalue weighted by Gasteiger charge is 2.31. The molecule has 108 valence electrons. The lowest BCUT2D eigenvalue weighted by Crippen LogP contribution is -2.17. The summed E-state index contributed by atoms with van der Waals surface area (Å²) in [5.74, 6) is -0.796. The molecule has 0 atom stereocenters. The number of nitrogens with one attached hydrogen (secondary N) is 2. The van der Waals surface area contributed by atoms with Crippen molar-refractivity contribution < 1.29 is 22.7 Å². The van der Waals surface area contributed by atoms with Gasteiger partial charge >= 0.3 is 6.36 Å². The van der Waals surface area contributed by atoms with Gasteiger partial charge in [0.2, 0.25) is 0 Å². The summed E-state index contributed by atoms with van der Waals surface area (Å²) in [7, 11) is 0. The Morgan fingerprint density at radius 1 is 0.905 bits per heavy atom. The van der Waals surface area contributed by atoms with Crippen molar-refractivity contribution in [3.05, 3.63) is 48.0 Å². The van der Waals surface area contributed by atoms with Crippen LogP contribution in [0.3, 0.4) is 0 Å². The van der Waals surface area contributed by atoms with E-state index in [1.165, 1.54) is 12.1 Å². The molecule has 0 saturated carbocycles. The van der Waals surface area contributed by atoms with Gasteiger partial charge in [-0.25, -0.2) is 0 Å². The zero-order valence-electron chi connectivity index (χ0n) is 10.5. The van der Waals surface area contributed by atoms with Gasteiger partial charge in [0.15, 0.2) is 0 Å². The van der Waals surface area contributed by atoms with Crippen molar-refractivity contribution in [3.8, 4) is 5.75 Å². The van der Waals surface area contributed by atoms with Crippen molar-refractivity contribution in [2.24, 2.45) is 0 Å². The Kier molecular flexibility index (Phi) is 2.97. The van der Waals surface area contributed by atoms with Gasteiger partial charge in [0.25, 0.3) is 5.91 Å². The van der Waals surface area contributed by atoms with Gasteiger partial charge < -0.3 is 15.4 Å². The normalized spacial score (nSPS) is 13.4. The summed E-state index contributed by atoms with van der Waals surface area (Å²) in [5.41, 5.74) is 1.70. The molecule has 0 saturated heterocycles. The molecule has 21 heavy (non-hydrogen) atoms. The van der Waals surface area contributed by atoms with E-state index >= 15 is 0 Å². The van der Waals surface area contributed by atoms with Crippen molar-refractivity contribution in [2.45, 2.75) is 6.36 Å². The van der Waals surface area contributed by atoms with Crippen molar-refractivity contribution in [3.63, 3.8) is 0 Å². The second kappa shape index (κ2) is 4.69. The van der Waals surface area contributed by atoms with Crippen LogP contribution in [0, 0.1) is 0 Å². The number of benzene rings is 2. The number of carbonyl (C=O) groups is 1. The summed E-state index contributed by atoms with van der Waals surface area (Å²) in [4.78, 5) is 12.1. The minimum absolute atomic E-state index is 0.220. The van der Waals surface area contributed by atoms with Gasteiger partial charge in [0.05, 0.1) is 22.6 Å². The molecule has 1 aliphatic heterocycles. The van der Waals surface area contributed by atoms with E-state index in [-0.39, 0.29) is 5.69 Å². The maximum absolute atomic E-state index is 12.2. The van der Waals surface area contributed by atoms with Crippen LogP contribution in [0.15, 0.2) is 42.5 Å². The molecule has 4 nitrogen and oxygen atoms in total. The number of ether oxygens (including phenoxy) is 1. The first-order chi connectivity index (χ1) is 9.92. The highest BCUT2D eigenvalue weighted by atomic mass is 19.4. The predicted molar refractivity (Wildman–Crippen MR) is 70.8 cm³/mol. The van der Waals surface area contributed by atoms with Gasteiger partial charge in [-0.3, -0.25) is 4.79 Å². The van der Waals surface area contributed by atoms with E-state index < -0.39 is 18.0 Å². The Balaban J connectivity index is 1.99. The molecule has 0 aromatic heterocycles. The lowest BCUT2D eigenvalue weighted by atomic mass is 10.1. The van der Waals surface area contributed by atoms with Crippen molar-refractivity contribution in [1.29, 1.82) is 0 Å². The summed E-state index contributed by atoms with van der Waals surface area (Å²) in [6.45, 7) is 0. The summed E-state index contributed by atoms with van der Waals surface area (Å²) in [6, 6.07) is 10.5. The van der Waals surface area contributed by atoms with E-state index in [2.05, 4.69) is 15.4 Å². The first kappa shape index (κ1) is 13.3. The number of hydrogen-bond acceptors (Lipinski definition) is 3. The fraction of sp³-hybridized carbons (Fsp3) is 0.0714. The fourth-order valence-corrected chi connectivity index (χ4v) is 2.06. The summed E-state index contributed by atoms with van der Waals surface area (Å²) >= 11 is 0. The van der Waals surface area contributed by atoms with Crippen LogP contribution in [0.25, 0.3) is 0 Å². The maximum atomic E-state index is 12.2. The molecule has 0 unspecified atom stereocenters. The number of carbonyl (C=O) groups excluding carboxylic acids is 1. The molecule has 2 aromatic carbocycles. The largest absolute Gasteiger partial charge is 0.573 e. The molecule has 1 amide bonds. The van der Waals surface area contributed by atoms with Crippen LogP contribution < -0.4 is 15.4 Å². The molecule has 2 aromatic rings. The third kappa shape index (κ3) is 2.76. The van der Waals surface area contributed by atoms with Crippen LogP contribution >= 0.6 is 0 Å². The number of rotatable bonds is 1. The van der Waals surface area contributed by atoms with Gasteiger partial charge in [0.1, 0.15) is 5.75 Å². The van der Waals surface area contributed by atoms with Crippen molar-refractivity contribution in [2.75, 3.05) is 10.6 Å². The van der Waals surface area contributed by atoms with E-state index in [0.29, 0.717) is 16.9 Å². The zero-order chi connectivity index (χ0) is 15.0. The number of amides is 1. The van der Waals surface area contributed by atoms with Crippen molar-refractivity contribution >= 4 is 23.0 Å². The standard InChI is InChI=1S/C14H9F3N2O2/c15-14(16,17)21-8-5-6-11-12(7-8)19-13(20)9-3-1-2-4-10(9)18-11/h1-7,18H,(H,19,20). The number of halogens is 3. The van der Waals surface area contributed by atoms with E-state index in [9.17, 15) is 18.0 Å². The summed E-state index contributed by atoms with van der Waals surface area (Å²) < 4.78 is 40.5. The summed E-state index contributed by atoms with van der Waals surface area (Å²) in [6.07, 6.45) is -4.78. The van der Waals surface area contributed by atoms with Crippen LogP contribution in [-0.2, 0) is 0 Å². The molecule has 7 heteroatoms. The quantitative estimate of drug-likeness (QED) is 0.838. The minimum atomic E-state index is -4.78. The molecular formula is C14H9F3N2O2. The van der Waals surface area contributed by atoms with Crippen LogP contribution in [0.5, 0.6) is 5.75 Å². The van der Waals surface area contributed by atoms with Crippen LogP contribution in [-0.4, -0.2) is 12.3 Å². The Hall–Kier alpha value is -2.70.